The Hall–Kier alpha value is -2.14. The number of alkyl halides is 1. The Kier molecular flexibility index (Phi) is 6.15. The van der Waals surface area contributed by atoms with Crippen LogP contribution in [-0.2, 0) is 14.3 Å². The first-order valence-electron chi connectivity index (χ1n) is 6.93. The van der Waals surface area contributed by atoms with Crippen LogP contribution < -0.4 is 5.69 Å². The molecule has 0 unspecified atom stereocenters. The van der Waals surface area contributed by atoms with Crippen LogP contribution in [0.5, 0.6) is 0 Å². The molecule has 0 amide bonds. The van der Waals surface area contributed by atoms with Gasteiger partial charge in [-0.1, -0.05) is 0 Å². The predicted molar refractivity (Wildman–Crippen MR) is 83.3 cm³/mol. The minimum atomic E-state index is -1.49. The molecule has 130 valence electrons. The van der Waals surface area contributed by atoms with Gasteiger partial charge in [0.15, 0.2) is 12.0 Å². The summed E-state index contributed by atoms with van der Waals surface area (Å²) in [6, 6.07) is 0. The highest BCUT2D eigenvalue weighted by atomic mass is 79.9. The molecule has 0 saturated carbocycles. The second-order valence-corrected chi connectivity index (χ2v) is 5.58. The van der Waals surface area contributed by atoms with E-state index in [-0.39, 0.29) is 19.0 Å². The normalized spacial score (nSPS) is 13.5. The lowest BCUT2D eigenvalue weighted by atomic mass is 10.3. The lowest BCUT2D eigenvalue weighted by molar-refractivity contribution is -0.144. The number of hydrogen-bond donors (Lipinski definition) is 0. The zero-order chi connectivity index (χ0) is 17.7. The predicted octanol–water partition coefficient (Wildman–Crippen LogP) is 1.02. The smallest absolute Gasteiger partial charge is 0.351 e. The Morgan fingerprint density at radius 3 is 2.79 bits per heavy atom. The molecule has 0 N–H and O–H groups in total. The van der Waals surface area contributed by atoms with Crippen LogP contribution in [0.15, 0.2) is 28.1 Å². The molecule has 0 aliphatic heterocycles. The van der Waals surface area contributed by atoms with Gasteiger partial charge < -0.3 is 9.47 Å². The van der Waals surface area contributed by atoms with Crippen molar-refractivity contribution in [3.63, 3.8) is 0 Å². The number of rotatable bonds is 7. The van der Waals surface area contributed by atoms with Gasteiger partial charge in [-0.05, 0) is 22.9 Å². The fourth-order valence-electron chi connectivity index (χ4n) is 1.89. The molecule has 24 heavy (non-hydrogen) atoms. The third-order valence-corrected chi connectivity index (χ3v) is 3.43. The Labute approximate surface area is 144 Å². The van der Waals surface area contributed by atoms with Crippen LogP contribution in [-0.4, -0.2) is 49.7 Å². The van der Waals surface area contributed by atoms with Crippen molar-refractivity contribution in [2.24, 2.45) is 0 Å². The average Bonchev–Trinajstić information content (AvgIpc) is 3.03. The number of carbonyl (C=O) groups excluding carboxylic acids is 1. The highest BCUT2D eigenvalue weighted by Crippen LogP contribution is 2.20. The van der Waals surface area contributed by atoms with E-state index in [1.54, 1.807) is 0 Å². The van der Waals surface area contributed by atoms with Crippen LogP contribution in [0.4, 0.5) is 4.39 Å². The average molecular weight is 404 g/mol. The van der Waals surface area contributed by atoms with E-state index in [2.05, 4.69) is 31.0 Å². The van der Waals surface area contributed by atoms with Crippen molar-refractivity contribution in [3.05, 3.63) is 33.8 Å². The molecule has 0 aliphatic rings. The molecule has 2 aromatic heterocycles. The second kappa shape index (κ2) is 8.11. The fourth-order valence-corrected chi connectivity index (χ4v) is 2.38. The maximum Gasteiger partial charge on any atom is 0.351 e. The molecule has 0 bridgehead atoms. The van der Waals surface area contributed by atoms with Crippen molar-refractivity contribution in [1.29, 1.82) is 0 Å². The molecular weight excluding hydrogens is 389 g/mol. The SMILES string of the molecule is CC(=O)OCCO[C@H]([C@H](C)F)n1cc(Br)c(-n2cncn2)nc1=O. The summed E-state index contributed by atoms with van der Waals surface area (Å²) in [6.45, 7) is 2.40. The molecule has 2 aromatic rings. The van der Waals surface area contributed by atoms with E-state index in [4.69, 9.17) is 9.47 Å². The van der Waals surface area contributed by atoms with E-state index in [0.29, 0.717) is 4.47 Å². The number of esters is 1. The molecule has 0 spiro atoms. The van der Waals surface area contributed by atoms with Gasteiger partial charge in [0.1, 0.15) is 25.4 Å². The quantitative estimate of drug-likeness (QED) is 0.502. The molecule has 0 fully saturated rings. The van der Waals surface area contributed by atoms with Gasteiger partial charge in [-0.2, -0.15) is 10.1 Å². The number of aromatic nitrogens is 5. The lowest BCUT2D eigenvalue weighted by Crippen LogP contribution is -2.34. The summed E-state index contributed by atoms with van der Waals surface area (Å²) in [6.07, 6.45) is 1.33. The van der Waals surface area contributed by atoms with Crippen molar-refractivity contribution in [1.82, 2.24) is 24.3 Å². The van der Waals surface area contributed by atoms with Crippen LogP contribution in [0, 0.1) is 0 Å². The number of ether oxygens (including phenoxy) is 2. The van der Waals surface area contributed by atoms with E-state index in [1.807, 2.05) is 0 Å². The van der Waals surface area contributed by atoms with Crippen molar-refractivity contribution < 1.29 is 18.7 Å². The Bertz CT molecular complexity index is 749. The molecule has 0 radical (unpaired) electrons. The molecule has 11 heteroatoms. The standard InChI is InChI=1S/C13H15BrFN5O4/c1-8(15)12(24-4-3-23-9(2)21)19-5-10(14)11(18-13(19)22)20-7-16-6-17-20/h5-8,12H,3-4H2,1-2H3/t8-,12+/m0/s1. The first-order chi connectivity index (χ1) is 11.4. The highest BCUT2D eigenvalue weighted by molar-refractivity contribution is 9.10. The van der Waals surface area contributed by atoms with Crippen LogP contribution >= 0.6 is 15.9 Å². The molecule has 0 saturated heterocycles. The van der Waals surface area contributed by atoms with Gasteiger partial charge in [0.05, 0.1) is 11.1 Å². The van der Waals surface area contributed by atoms with Gasteiger partial charge in [0.2, 0.25) is 0 Å². The highest BCUT2D eigenvalue weighted by Gasteiger charge is 2.23. The molecule has 9 nitrogen and oxygen atoms in total. The summed E-state index contributed by atoms with van der Waals surface area (Å²) in [4.78, 5) is 30.6. The lowest BCUT2D eigenvalue weighted by Gasteiger charge is -2.21. The molecule has 0 aromatic carbocycles. The van der Waals surface area contributed by atoms with Gasteiger partial charge in [-0.25, -0.2) is 18.9 Å². The zero-order valence-corrected chi connectivity index (χ0v) is 14.5. The Morgan fingerprint density at radius 1 is 1.46 bits per heavy atom. The third kappa shape index (κ3) is 4.45. The summed E-state index contributed by atoms with van der Waals surface area (Å²) < 4.78 is 26.6. The molecule has 0 aliphatic carbocycles. The summed E-state index contributed by atoms with van der Waals surface area (Å²) >= 11 is 3.26. The minimum Gasteiger partial charge on any atom is -0.463 e. The van der Waals surface area contributed by atoms with Crippen LogP contribution in [0.3, 0.4) is 0 Å². The van der Waals surface area contributed by atoms with Crippen LogP contribution in [0.1, 0.15) is 20.1 Å². The van der Waals surface area contributed by atoms with E-state index >= 15 is 0 Å². The van der Waals surface area contributed by atoms with Gasteiger partial charge in [-0.3, -0.25) is 9.36 Å². The molecular formula is C13H15BrFN5O4. The summed E-state index contributed by atoms with van der Waals surface area (Å²) in [5.41, 5.74) is -0.717. The Balaban J connectivity index is 2.22. The van der Waals surface area contributed by atoms with E-state index in [1.165, 1.54) is 37.4 Å². The molecule has 2 atom stereocenters. The summed E-state index contributed by atoms with van der Waals surface area (Å²) in [5, 5.41) is 3.89. The fraction of sp³-hybridized carbons (Fsp3) is 0.462. The monoisotopic (exact) mass is 403 g/mol. The minimum absolute atomic E-state index is 0.0427. The van der Waals surface area contributed by atoms with E-state index in [0.717, 1.165) is 4.57 Å². The maximum atomic E-state index is 13.9. The zero-order valence-electron chi connectivity index (χ0n) is 12.9. The van der Waals surface area contributed by atoms with E-state index < -0.39 is 24.1 Å². The Morgan fingerprint density at radius 2 is 2.21 bits per heavy atom. The van der Waals surface area contributed by atoms with Crippen molar-refractivity contribution >= 4 is 21.9 Å². The van der Waals surface area contributed by atoms with Gasteiger partial charge in [0, 0.05) is 13.1 Å². The van der Waals surface area contributed by atoms with Gasteiger partial charge in [-0.15, -0.1) is 0 Å². The molecule has 2 heterocycles. The summed E-state index contributed by atoms with van der Waals surface area (Å²) in [7, 11) is 0. The topological polar surface area (TPSA) is 101 Å². The number of halogens is 2. The maximum absolute atomic E-state index is 13.9. The van der Waals surface area contributed by atoms with Gasteiger partial charge in [0.25, 0.3) is 0 Å². The first-order valence-corrected chi connectivity index (χ1v) is 7.72. The first kappa shape index (κ1) is 18.2. The summed E-state index contributed by atoms with van der Waals surface area (Å²) in [5.74, 6) is -0.249. The largest absolute Gasteiger partial charge is 0.463 e. The van der Waals surface area contributed by atoms with Crippen molar-refractivity contribution in [3.8, 4) is 5.82 Å². The second-order valence-electron chi connectivity index (χ2n) is 4.72. The van der Waals surface area contributed by atoms with Crippen LogP contribution in [0.2, 0.25) is 0 Å². The van der Waals surface area contributed by atoms with Crippen molar-refractivity contribution in [2.75, 3.05) is 13.2 Å². The van der Waals surface area contributed by atoms with E-state index in [9.17, 15) is 14.0 Å². The number of nitrogens with zero attached hydrogens (tertiary/aromatic N) is 5. The number of carbonyl (C=O) groups is 1. The van der Waals surface area contributed by atoms with Crippen molar-refractivity contribution in [2.45, 2.75) is 26.2 Å². The van der Waals surface area contributed by atoms with Crippen LogP contribution in [0.25, 0.3) is 5.82 Å². The molecule has 2 rings (SSSR count). The van der Waals surface area contributed by atoms with Gasteiger partial charge >= 0.3 is 11.7 Å². The number of hydrogen-bond acceptors (Lipinski definition) is 7. The third-order valence-electron chi connectivity index (χ3n) is 2.87.